The molecular weight excluding hydrogens is 712 g/mol. The van der Waals surface area contributed by atoms with Gasteiger partial charge in [0.25, 0.3) is 11.8 Å². The van der Waals surface area contributed by atoms with Crippen molar-refractivity contribution in [3.8, 4) is 5.75 Å². The minimum Gasteiger partial charge on any atom is -0.508 e. The molecule has 17 heteroatoms. The van der Waals surface area contributed by atoms with Crippen molar-refractivity contribution in [2.75, 3.05) is 28.8 Å². The molecule has 6 atom stereocenters. The molecule has 3 aromatic rings. The van der Waals surface area contributed by atoms with Crippen LogP contribution in [0.2, 0.25) is 0 Å². The van der Waals surface area contributed by atoms with Crippen molar-refractivity contribution < 1.29 is 38.5 Å². The minimum atomic E-state index is -2.21. The van der Waals surface area contributed by atoms with Gasteiger partial charge in [0.05, 0.1) is 33.1 Å². The molecule has 0 spiro atoms. The van der Waals surface area contributed by atoms with Gasteiger partial charge in [-0.25, -0.2) is 14.2 Å². The van der Waals surface area contributed by atoms with E-state index in [-0.39, 0.29) is 29.2 Å². The Morgan fingerprint density at radius 1 is 0.843 bits per heavy atom. The number of hydrogen-bond acceptors (Lipinski definition) is 10. The van der Waals surface area contributed by atoms with Gasteiger partial charge in [0, 0.05) is 32.1 Å². The van der Waals surface area contributed by atoms with Gasteiger partial charge in [-0.2, -0.15) is 0 Å². The molecule has 14 nitrogen and oxygen atoms in total. The number of fused-ring (bicyclic) bond motifs is 4. The highest BCUT2D eigenvalue weighted by Crippen LogP contribution is 2.66. The molecule has 3 aromatic carbocycles. The molecule has 262 valence electrons. The number of carbonyl (C=O) groups is 4. The van der Waals surface area contributed by atoms with E-state index in [9.17, 15) is 48.9 Å². The third kappa shape index (κ3) is 4.67. The summed E-state index contributed by atoms with van der Waals surface area (Å²) in [6, 6.07) is 12.1. The van der Waals surface area contributed by atoms with E-state index in [0.29, 0.717) is 16.0 Å². The van der Waals surface area contributed by atoms with Crippen molar-refractivity contribution in [3.63, 3.8) is 0 Å². The van der Waals surface area contributed by atoms with E-state index in [1.54, 1.807) is 6.08 Å². The molecule has 1 saturated carbocycles. The second-order valence-corrected chi connectivity index (χ2v) is 14.3. The van der Waals surface area contributed by atoms with Gasteiger partial charge in [-0.1, -0.05) is 23.8 Å². The van der Waals surface area contributed by atoms with Gasteiger partial charge in [-0.3, -0.25) is 39.4 Å². The summed E-state index contributed by atoms with van der Waals surface area (Å²) in [5.74, 6) is -8.57. The zero-order valence-electron chi connectivity index (χ0n) is 26.7. The molecule has 4 amide bonds. The number of phenols is 1. The highest BCUT2D eigenvalue weighted by Gasteiger charge is 2.76. The summed E-state index contributed by atoms with van der Waals surface area (Å²) in [5, 5.41) is 34.2. The zero-order valence-corrected chi connectivity index (χ0v) is 28.2. The molecule has 1 N–H and O–H groups in total. The third-order valence-electron chi connectivity index (χ3n) is 10.3. The number of alkyl halides is 2. The summed E-state index contributed by atoms with van der Waals surface area (Å²) < 4.78 is 13.9. The van der Waals surface area contributed by atoms with Crippen LogP contribution in [0.25, 0.3) is 0 Å². The number of hydrogen-bond donors (Lipinski definition) is 1. The maximum Gasteiger partial charge on any atom is 0.301 e. The van der Waals surface area contributed by atoms with Crippen LogP contribution in [-0.4, -0.2) is 62.4 Å². The van der Waals surface area contributed by atoms with Crippen molar-refractivity contribution in [3.05, 3.63) is 104 Å². The summed E-state index contributed by atoms with van der Waals surface area (Å²) in [7, 11) is 2.75. The standard InChI is InChI=1S/C34H26Cl2FN5O9/c1-38(2)28-24(41(48)49)13-19(14-25(28)42(50)51)39-29(44)22-12-11-21-23(26(22)30(39)45)15-33(35)31(46)40(18-7-5-17(37)6-8-18)32(47)34(33,36)27(21)16-3-9-20(43)10-4-16/h3-11,13-14,22-23,26-27,43H,12,15H2,1-2H3/t22-,23+,26-,27-,33+,34-/m0/s1. The molecule has 4 aliphatic rings. The quantitative estimate of drug-likeness (QED) is 0.116. The van der Waals surface area contributed by atoms with Crippen LogP contribution in [0, 0.1) is 43.8 Å². The van der Waals surface area contributed by atoms with E-state index in [1.165, 1.54) is 55.4 Å². The molecule has 2 aliphatic heterocycles. The second kappa shape index (κ2) is 11.6. The first-order chi connectivity index (χ1) is 24.0. The third-order valence-corrected chi connectivity index (χ3v) is 11.7. The van der Waals surface area contributed by atoms with Crippen molar-refractivity contribution in [2.45, 2.75) is 28.5 Å². The lowest BCUT2D eigenvalue weighted by atomic mass is 9.56. The molecule has 2 aliphatic carbocycles. The number of nitro groups is 2. The number of imide groups is 2. The molecule has 0 unspecified atom stereocenters. The van der Waals surface area contributed by atoms with Crippen LogP contribution in [0.4, 0.5) is 32.8 Å². The number of amides is 4. The Balaban J connectivity index is 1.38. The first-order valence-electron chi connectivity index (χ1n) is 15.6. The largest absolute Gasteiger partial charge is 0.508 e. The number of halogens is 3. The number of rotatable bonds is 6. The van der Waals surface area contributed by atoms with Crippen LogP contribution in [0.15, 0.2) is 72.3 Å². The van der Waals surface area contributed by atoms with E-state index in [1.807, 2.05) is 0 Å². The fourth-order valence-electron chi connectivity index (χ4n) is 8.15. The summed E-state index contributed by atoms with van der Waals surface area (Å²) in [5.41, 5.74) is -1.32. The second-order valence-electron chi connectivity index (χ2n) is 13.1. The molecule has 7 rings (SSSR count). The summed E-state index contributed by atoms with van der Waals surface area (Å²) in [4.78, 5) is 77.9. The maximum absolute atomic E-state index is 14.4. The zero-order chi connectivity index (χ0) is 36.9. The molecular formula is C34H26Cl2FN5O9. The first-order valence-corrected chi connectivity index (χ1v) is 16.3. The van der Waals surface area contributed by atoms with Crippen molar-refractivity contribution >= 4 is 75.3 Å². The topological polar surface area (TPSA) is 185 Å². The fourth-order valence-corrected chi connectivity index (χ4v) is 9.08. The Morgan fingerprint density at radius 2 is 1.43 bits per heavy atom. The summed E-state index contributed by atoms with van der Waals surface area (Å²) in [6.07, 6.45) is 1.23. The Morgan fingerprint density at radius 3 is 1.98 bits per heavy atom. The number of nitro benzene ring substituents is 2. The Labute approximate surface area is 297 Å². The highest BCUT2D eigenvalue weighted by atomic mass is 35.5. The van der Waals surface area contributed by atoms with E-state index >= 15 is 0 Å². The number of allylic oxidation sites excluding steroid dienone is 2. The van der Waals surface area contributed by atoms with E-state index in [0.717, 1.165) is 29.2 Å². The minimum absolute atomic E-state index is 0.00258. The monoisotopic (exact) mass is 737 g/mol. The fraction of sp³-hybridized carbons (Fsp3) is 0.294. The summed E-state index contributed by atoms with van der Waals surface area (Å²) in [6.45, 7) is 0. The number of phenolic OH excluding ortho intramolecular Hbond substituents is 1. The lowest BCUT2D eigenvalue weighted by molar-refractivity contribution is -0.392. The average molecular weight is 739 g/mol. The van der Waals surface area contributed by atoms with Gasteiger partial charge in [0.2, 0.25) is 11.8 Å². The SMILES string of the molecule is CN(C)c1c([N+](=O)[O-])cc(N2C(=O)[C@H]3[C@H](CC=C4[C@H]3C[C@@]3(Cl)C(=O)N(c5ccc(F)cc5)C(=O)[C@@]3(Cl)[C@H]4c3ccc(O)cc3)C2=O)cc1[N+](=O)[O-]. The number of benzene rings is 3. The van der Waals surface area contributed by atoms with Crippen LogP contribution in [-0.2, 0) is 19.2 Å². The number of aromatic hydroxyl groups is 1. The van der Waals surface area contributed by atoms with Crippen LogP contribution < -0.4 is 14.7 Å². The average Bonchev–Trinajstić information content (AvgIpc) is 3.42. The highest BCUT2D eigenvalue weighted by molar-refractivity contribution is 6.58. The Hall–Kier alpha value is -5.41. The van der Waals surface area contributed by atoms with E-state index in [4.69, 9.17) is 23.2 Å². The number of carbonyl (C=O) groups excluding carboxylic acids is 4. The molecule has 2 heterocycles. The Kier molecular flexibility index (Phi) is 7.72. The van der Waals surface area contributed by atoms with Crippen LogP contribution in [0.1, 0.15) is 24.3 Å². The maximum atomic E-state index is 14.4. The van der Waals surface area contributed by atoms with Gasteiger partial charge in [-0.05, 0) is 60.7 Å². The van der Waals surface area contributed by atoms with E-state index < -0.39 is 90.5 Å². The predicted octanol–water partition coefficient (Wildman–Crippen LogP) is 5.18. The lowest BCUT2D eigenvalue weighted by Gasteiger charge is -2.50. The van der Waals surface area contributed by atoms with Gasteiger partial charge in [-0.15, -0.1) is 23.2 Å². The van der Waals surface area contributed by atoms with E-state index in [2.05, 4.69) is 0 Å². The predicted molar refractivity (Wildman–Crippen MR) is 181 cm³/mol. The molecule has 0 radical (unpaired) electrons. The van der Waals surface area contributed by atoms with Crippen LogP contribution in [0.3, 0.4) is 0 Å². The van der Waals surface area contributed by atoms with Gasteiger partial charge >= 0.3 is 11.4 Å². The molecule has 0 bridgehead atoms. The lowest BCUT2D eigenvalue weighted by Crippen LogP contribution is -2.60. The van der Waals surface area contributed by atoms with Crippen LogP contribution >= 0.6 is 23.2 Å². The van der Waals surface area contributed by atoms with Crippen molar-refractivity contribution in [1.82, 2.24) is 0 Å². The molecule has 3 fully saturated rings. The smallest absolute Gasteiger partial charge is 0.301 e. The van der Waals surface area contributed by atoms with Gasteiger partial charge in [0.15, 0.2) is 15.4 Å². The van der Waals surface area contributed by atoms with Crippen LogP contribution in [0.5, 0.6) is 5.75 Å². The summed E-state index contributed by atoms with van der Waals surface area (Å²) >= 11 is 14.6. The van der Waals surface area contributed by atoms with Crippen molar-refractivity contribution in [2.24, 2.45) is 17.8 Å². The Bertz CT molecular complexity index is 2090. The van der Waals surface area contributed by atoms with Gasteiger partial charge in [0.1, 0.15) is 11.6 Å². The number of anilines is 3. The molecule has 0 aromatic heterocycles. The first kappa shape index (κ1) is 34.1. The molecule has 2 saturated heterocycles. The normalized spacial score (nSPS) is 28.3. The number of nitrogens with zero attached hydrogens (tertiary/aromatic N) is 5. The van der Waals surface area contributed by atoms with Gasteiger partial charge < -0.3 is 10.0 Å². The van der Waals surface area contributed by atoms with Crippen molar-refractivity contribution in [1.29, 1.82) is 0 Å². The molecule has 51 heavy (non-hydrogen) atoms.